The van der Waals surface area contributed by atoms with Gasteiger partial charge in [0.25, 0.3) is 0 Å². The zero-order chi connectivity index (χ0) is 20.7. The molecule has 7 nitrogen and oxygen atoms in total. The van der Waals surface area contributed by atoms with Gasteiger partial charge in [-0.05, 0) is 64.0 Å². The van der Waals surface area contributed by atoms with E-state index in [-0.39, 0.29) is 5.91 Å². The van der Waals surface area contributed by atoms with Gasteiger partial charge in [0.1, 0.15) is 0 Å². The van der Waals surface area contributed by atoms with Crippen LogP contribution in [0, 0.1) is 19.8 Å². The quantitative estimate of drug-likeness (QED) is 0.731. The fourth-order valence-corrected chi connectivity index (χ4v) is 5.08. The number of aryl methyl sites for hydroxylation is 2. The van der Waals surface area contributed by atoms with Gasteiger partial charge in [-0.2, -0.15) is 5.10 Å². The summed E-state index contributed by atoms with van der Waals surface area (Å²) in [6, 6.07) is 2.61. The highest BCUT2D eigenvalue weighted by Crippen LogP contribution is 2.37. The highest BCUT2D eigenvalue weighted by atomic mass is 16.5. The van der Waals surface area contributed by atoms with Crippen LogP contribution in [0.3, 0.4) is 0 Å². The number of carbonyl (C=O) groups is 1. The number of amides is 1. The van der Waals surface area contributed by atoms with Crippen LogP contribution in [0.25, 0.3) is 5.65 Å². The third-order valence-corrected chi connectivity index (χ3v) is 7.03. The number of fused-ring (bicyclic) bond motifs is 1. The number of aromatic nitrogens is 3. The SMILES string of the molecule is Cc1nc2cc([C@H]3CCCN3CC3CC3)nn2c(C)c1CCC(=O)N1CCOCC1. The van der Waals surface area contributed by atoms with Gasteiger partial charge in [-0.25, -0.2) is 9.50 Å². The molecule has 7 heteroatoms. The first-order valence-corrected chi connectivity index (χ1v) is 11.6. The van der Waals surface area contributed by atoms with Crippen molar-refractivity contribution in [2.24, 2.45) is 5.92 Å². The number of likely N-dealkylation sites (tertiary alicyclic amines) is 1. The average molecular weight is 412 g/mol. The number of ether oxygens (including phenoxy) is 1. The van der Waals surface area contributed by atoms with E-state index in [4.69, 9.17) is 14.8 Å². The van der Waals surface area contributed by atoms with Crippen LogP contribution in [0.1, 0.15) is 60.8 Å². The Hall–Kier alpha value is -1.99. The van der Waals surface area contributed by atoms with E-state index in [1.807, 2.05) is 9.42 Å². The maximum atomic E-state index is 12.6. The van der Waals surface area contributed by atoms with Crippen molar-refractivity contribution >= 4 is 11.6 Å². The van der Waals surface area contributed by atoms with Gasteiger partial charge in [-0.1, -0.05) is 0 Å². The van der Waals surface area contributed by atoms with Crippen LogP contribution < -0.4 is 0 Å². The Labute approximate surface area is 178 Å². The minimum atomic E-state index is 0.208. The smallest absolute Gasteiger partial charge is 0.223 e. The van der Waals surface area contributed by atoms with Gasteiger partial charge < -0.3 is 9.64 Å². The van der Waals surface area contributed by atoms with Gasteiger partial charge in [0.15, 0.2) is 5.65 Å². The molecule has 0 unspecified atom stereocenters. The van der Waals surface area contributed by atoms with E-state index < -0.39 is 0 Å². The molecule has 5 rings (SSSR count). The van der Waals surface area contributed by atoms with Gasteiger partial charge in [-0.3, -0.25) is 9.69 Å². The molecule has 1 saturated carbocycles. The maximum Gasteiger partial charge on any atom is 0.223 e. The van der Waals surface area contributed by atoms with E-state index >= 15 is 0 Å². The number of morpholine rings is 1. The predicted octanol–water partition coefficient (Wildman–Crippen LogP) is 2.68. The van der Waals surface area contributed by atoms with Crippen LogP contribution in [0.4, 0.5) is 0 Å². The summed E-state index contributed by atoms with van der Waals surface area (Å²) in [7, 11) is 0. The molecule has 2 saturated heterocycles. The van der Waals surface area contributed by atoms with E-state index in [0.717, 1.165) is 34.2 Å². The summed E-state index contributed by atoms with van der Waals surface area (Å²) < 4.78 is 7.36. The summed E-state index contributed by atoms with van der Waals surface area (Å²) in [6.07, 6.45) is 6.45. The Kier molecular flexibility index (Phi) is 5.50. The first-order valence-electron chi connectivity index (χ1n) is 11.6. The second-order valence-electron chi connectivity index (χ2n) is 9.19. The summed E-state index contributed by atoms with van der Waals surface area (Å²) in [6.45, 7) is 9.28. The molecule has 0 radical (unpaired) electrons. The Balaban J connectivity index is 1.34. The molecular weight excluding hydrogens is 378 g/mol. The van der Waals surface area contributed by atoms with Crippen LogP contribution in [0.15, 0.2) is 6.07 Å². The van der Waals surface area contributed by atoms with E-state index in [0.29, 0.717) is 45.2 Å². The maximum absolute atomic E-state index is 12.6. The van der Waals surface area contributed by atoms with Crippen LogP contribution in [0.5, 0.6) is 0 Å². The van der Waals surface area contributed by atoms with E-state index in [9.17, 15) is 4.79 Å². The number of hydrogen-bond acceptors (Lipinski definition) is 5. The van der Waals surface area contributed by atoms with E-state index in [1.54, 1.807) is 0 Å². The Morgan fingerprint density at radius 3 is 2.73 bits per heavy atom. The number of nitrogens with zero attached hydrogens (tertiary/aromatic N) is 5. The lowest BCUT2D eigenvalue weighted by molar-refractivity contribution is -0.135. The normalized spacial score (nSPS) is 22.9. The number of hydrogen-bond donors (Lipinski definition) is 0. The first-order chi connectivity index (χ1) is 14.6. The lowest BCUT2D eigenvalue weighted by Gasteiger charge is -2.27. The molecule has 2 aliphatic heterocycles. The van der Waals surface area contributed by atoms with Crippen molar-refractivity contribution in [1.29, 1.82) is 0 Å². The van der Waals surface area contributed by atoms with Gasteiger partial charge in [0, 0.05) is 43.5 Å². The van der Waals surface area contributed by atoms with E-state index in [2.05, 4.69) is 24.8 Å². The fraction of sp³-hybridized carbons (Fsp3) is 0.696. The largest absolute Gasteiger partial charge is 0.378 e. The predicted molar refractivity (Wildman–Crippen MR) is 114 cm³/mol. The average Bonchev–Trinajstić information content (AvgIpc) is 3.27. The molecule has 0 N–H and O–H groups in total. The van der Waals surface area contributed by atoms with Crippen molar-refractivity contribution in [1.82, 2.24) is 24.4 Å². The van der Waals surface area contributed by atoms with Gasteiger partial charge in [0.2, 0.25) is 5.91 Å². The molecule has 1 aliphatic carbocycles. The molecule has 0 aromatic carbocycles. The monoisotopic (exact) mass is 411 g/mol. The Morgan fingerprint density at radius 1 is 1.17 bits per heavy atom. The van der Waals surface area contributed by atoms with Gasteiger partial charge >= 0.3 is 0 Å². The fourth-order valence-electron chi connectivity index (χ4n) is 5.08. The van der Waals surface area contributed by atoms with Gasteiger partial charge in [0.05, 0.1) is 24.9 Å². The van der Waals surface area contributed by atoms with Crippen molar-refractivity contribution in [3.05, 3.63) is 28.7 Å². The zero-order valence-electron chi connectivity index (χ0n) is 18.3. The molecule has 0 bridgehead atoms. The highest BCUT2D eigenvalue weighted by Gasteiger charge is 2.33. The number of rotatable bonds is 6. The van der Waals surface area contributed by atoms with Crippen LogP contribution in [-0.2, 0) is 16.0 Å². The molecular formula is C23H33N5O2. The van der Waals surface area contributed by atoms with Crippen molar-refractivity contribution < 1.29 is 9.53 Å². The van der Waals surface area contributed by atoms with Crippen molar-refractivity contribution in [3.8, 4) is 0 Å². The molecule has 3 aliphatic rings. The van der Waals surface area contributed by atoms with Crippen molar-refractivity contribution in [2.75, 3.05) is 39.4 Å². The lowest BCUT2D eigenvalue weighted by Crippen LogP contribution is -2.40. The number of carbonyl (C=O) groups excluding carboxylic acids is 1. The van der Waals surface area contributed by atoms with Crippen LogP contribution in [-0.4, -0.2) is 69.7 Å². The summed E-state index contributed by atoms with van der Waals surface area (Å²) in [4.78, 5) is 22.0. The molecule has 162 valence electrons. The third-order valence-electron chi connectivity index (χ3n) is 7.03. The molecule has 1 amide bonds. The molecule has 0 spiro atoms. The summed E-state index contributed by atoms with van der Waals surface area (Å²) in [5.41, 5.74) is 5.37. The summed E-state index contributed by atoms with van der Waals surface area (Å²) >= 11 is 0. The minimum absolute atomic E-state index is 0.208. The molecule has 4 heterocycles. The van der Waals surface area contributed by atoms with Crippen LogP contribution in [0.2, 0.25) is 0 Å². The summed E-state index contributed by atoms with van der Waals surface area (Å²) in [5, 5.41) is 4.99. The minimum Gasteiger partial charge on any atom is -0.378 e. The molecule has 1 atom stereocenters. The summed E-state index contributed by atoms with van der Waals surface area (Å²) in [5.74, 6) is 1.11. The Morgan fingerprint density at radius 2 is 1.97 bits per heavy atom. The third kappa shape index (κ3) is 3.97. The first kappa shape index (κ1) is 19.9. The topological polar surface area (TPSA) is 63.0 Å². The second kappa shape index (κ2) is 8.27. The molecule has 2 aromatic heterocycles. The van der Waals surface area contributed by atoms with Gasteiger partial charge in [-0.15, -0.1) is 0 Å². The molecule has 2 aromatic rings. The van der Waals surface area contributed by atoms with Crippen molar-refractivity contribution in [3.63, 3.8) is 0 Å². The highest BCUT2D eigenvalue weighted by molar-refractivity contribution is 5.76. The van der Waals surface area contributed by atoms with Crippen LogP contribution >= 0.6 is 0 Å². The van der Waals surface area contributed by atoms with Crippen molar-refractivity contribution in [2.45, 2.75) is 58.4 Å². The zero-order valence-corrected chi connectivity index (χ0v) is 18.3. The standard InChI is InChI=1S/C23H33N5O2/c1-16-19(7-8-23(29)26-10-12-30-13-11-26)17(2)28-22(24-16)14-20(25-28)21-4-3-9-27(21)15-18-5-6-18/h14,18,21H,3-13,15H2,1-2H3/t21-/m1/s1. The lowest BCUT2D eigenvalue weighted by atomic mass is 10.1. The molecule has 30 heavy (non-hydrogen) atoms. The second-order valence-corrected chi connectivity index (χ2v) is 9.19. The van der Waals surface area contributed by atoms with E-state index in [1.165, 1.54) is 38.8 Å². The Bertz CT molecular complexity index is 929. The molecule has 3 fully saturated rings.